The Morgan fingerprint density at radius 3 is 2.15 bits per heavy atom. The summed E-state index contributed by atoms with van der Waals surface area (Å²) in [4.78, 5) is 6.89. The monoisotopic (exact) mass is 276 g/mol. The van der Waals surface area contributed by atoms with Crippen LogP contribution in [-0.2, 0) is 9.47 Å². The van der Waals surface area contributed by atoms with Gasteiger partial charge in [-0.25, -0.2) is 4.98 Å². The molecule has 0 unspecified atom stereocenters. The minimum atomic E-state index is -0.319. The van der Waals surface area contributed by atoms with Crippen LogP contribution in [0.15, 0.2) is 18.3 Å². The first-order valence-corrected chi connectivity index (χ1v) is 7.46. The molecule has 0 amide bonds. The lowest BCUT2D eigenvalue weighted by molar-refractivity contribution is -0.0897. The van der Waals surface area contributed by atoms with Gasteiger partial charge in [-0.3, -0.25) is 0 Å². The SMILES string of the molecule is CC1(C)OC(c2ccc(N3CCCC3)nc2)OC1(C)C. The fourth-order valence-corrected chi connectivity index (χ4v) is 2.65. The number of hydrogen-bond donors (Lipinski definition) is 0. The van der Waals surface area contributed by atoms with Crippen LogP contribution in [0, 0.1) is 0 Å². The minimum Gasteiger partial charge on any atom is -0.357 e. The lowest BCUT2D eigenvalue weighted by Gasteiger charge is -2.30. The standard InChI is InChI=1S/C16H24N2O2/c1-15(2)16(3,4)20-14(19-15)12-7-8-13(17-11-12)18-9-5-6-10-18/h7-8,11,14H,5-6,9-10H2,1-4H3. The van der Waals surface area contributed by atoms with Gasteiger partial charge in [-0.05, 0) is 52.7 Å². The first-order valence-electron chi connectivity index (χ1n) is 7.46. The molecule has 0 atom stereocenters. The topological polar surface area (TPSA) is 34.6 Å². The van der Waals surface area contributed by atoms with E-state index >= 15 is 0 Å². The van der Waals surface area contributed by atoms with Crippen molar-refractivity contribution in [1.82, 2.24) is 4.98 Å². The molecule has 4 heteroatoms. The molecule has 1 aromatic heterocycles. The predicted molar refractivity (Wildman–Crippen MR) is 78.8 cm³/mol. The van der Waals surface area contributed by atoms with E-state index in [1.165, 1.54) is 12.8 Å². The number of nitrogens with zero attached hydrogens (tertiary/aromatic N) is 2. The normalized spacial score (nSPS) is 25.3. The number of pyridine rings is 1. The van der Waals surface area contributed by atoms with Crippen molar-refractivity contribution in [2.24, 2.45) is 0 Å². The summed E-state index contributed by atoms with van der Waals surface area (Å²) in [6.07, 6.45) is 4.09. The Hall–Kier alpha value is -1.13. The van der Waals surface area contributed by atoms with Crippen molar-refractivity contribution < 1.29 is 9.47 Å². The van der Waals surface area contributed by atoms with Crippen LogP contribution in [0.5, 0.6) is 0 Å². The minimum absolute atomic E-state index is 0.300. The van der Waals surface area contributed by atoms with Crippen molar-refractivity contribution >= 4 is 5.82 Å². The number of aromatic nitrogens is 1. The third-order valence-electron chi connectivity index (χ3n) is 4.73. The van der Waals surface area contributed by atoms with Crippen molar-refractivity contribution in [2.75, 3.05) is 18.0 Å². The highest BCUT2D eigenvalue weighted by Crippen LogP contribution is 2.44. The molecule has 2 aliphatic heterocycles. The van der Waals surface area contributed by atoms with Crippen molar-refractivity contribution in [1.29, 1.82) is 0 Å². The molecule has 110 valence electrons. The summed E-state index contributed by atoms with van der Waals surface area (Å²) in [5.41, 5.74) is 0.392. The zero-order valence-corrected chi connectivity index (χ0v) is 12.8. The van der Waals surface area contributed by atoms with Gasteiger partial charge < -0.3 is 14.4 Å². The molecule has 3 heterocycles. The Labute approximate surface area is 121 Å². The highest BCUT2D eigenvalue weighted by Gasteiger charge is 2.49. The first-order chi connectivity index (χ1) is 9.39. The van der Waals surface area contributed by atoms with E-state index in [0.717, 1.165) is 24.5 Å². The van der Waals surface area contributed by atoms with Crippen LogP contribution in [0.1, 0.15) is 52.4 Å². The molecule has 0 aliphatic carbocycles. The molecular weight excluding hydrogens is 252 g/mol. The molecule has 2 fully saturated rings. The summed E-state index contributed by atoms with van der Waals surface area (Å²) in [5, 5.41) is 0. The molecule has 0 saturated carbocycles. The maximum atomic E-state index is 6.04. The quantitative estimate of drug-likeness (QED) is 0.830. The molecule has 1 aromatic rings. The molecule has 0 N–H and O–H groups in total. The van der Waals surface area contributed by atoms with E-state index in [-0.39, 0.29) is 17.5 Å². The van der Waals surface area contributed by atoms with Gasteiger partial charge in [0.05, 0.1) is 11.2 Å². The fourth-order valence-electron chi connectivity index (χ4n) is 2.65. The first kappa shape index (κ1) is 13.8. The predicted octanol–water partition coefficient (Wildman–Crippen LogP) is 3.28. The average Bonchev–Trinajstić information content (AvgIpc) is 2.97. The molecular formula is C16H24N2O2. The maximum absolute atomic E-state index is 6.04. The van der Waals surface area contributed by atoms with E-state index in [0.29, 0.717) is 0 Å². The van der Waals surface area contributed by atoms with Gasteiger partial charge in [0.2, 0.25) is 0 Å². The van der Waals surface area contributed by atoms with Gasteiger partial charge >= 0.3 is 0 Å². The second-order valence-corrected chi connectivity index (χ2v) is 6.73. The smallest absolute Gasteiger partial charge is 0.186 e. The van der Waals surface area contributed by atoms with Gasteiger partial charge in [0, 0.05) is 24.8 Å². The Morgan fingerprint density at radius 1 is 1.05 bits per heavy atom. The summed E-state index contributed by atoms with van der Waals surface area (Å²) in [6.45, 7) is 10.5. The van der Waals surface area contributed by atoms with E-state index in [2.05, 4.69) is 49.7 Å². The summed E-state index contributed by atoms with van der Waals surface area (Å²) >= 11 is 0. The number of ether oxygens (including phenoxy) is 2. The molecule has 2 aliphatic rings. The van der Waals surface area contributed by atoms with Crippen LogP contribution < -0.4 is 4.90 Å². The summed E-state index contributed by atoms with van der Waals surface area (Å²) < 4.78 is 12.1. The van der Waals surface area contributed by atoms with Gasteiger partial charge in [-0.15, -0.1) is 0 Å². The molecule has 0 bridgehead atoms. The lowest BCUT2D eigenvalue weighted by atomic mass is 9.90. The molecule has 0 radical (unpaired) electrons. The summed E-state index contributed by atoms with van der Waals surface area (Å²) in [5.74, 6) is 1.06. The zero-order chi connectivity index (χ0) is 14.4. The summed E-state index contributed by atoms with van der Waals surface area (Å²) in [7, 11) is 0. The van der Waals surface area contributed by atoms with Crippen molar-refractivity contribution in [3.8, 4) is 0 Å². The van der Waals surface area contributed by atoms with E-state index < -0.39 is 0 Å². The van der Waals surface area contributed by atoms with Gasteiger partial charge in [0.25, 0.3) is 0 Å². The van der Waals surface area contributed by atoms with Gasteiger partial charge in [0.15, 0.2) is 6.29 Å². The second kappa shape index (κ2) is 4.71. The second-order valence-electron chi connectivity index (χ2n) is 6.73. The Morgan fingerprint density at radius 2 is 1.65 bits per heavy atom. The Kier molecular flexibility index (Phi) is 3.26. The highest BCUT2D eigenvalue weighted by molar-refractivity contribution is 5.40. The van der Waals surface area contributed by atoms with Crippen LogP contribution in [0.3, 0.4) is 0 Å². The van der Waals surface area contributed by atoms with Gasteiger partial charge in [-0.1, -0.05) is 0 Å². The molecule has 3 rings (SSSR count). The van der Waals surface area contributed by atoms with Crippen LogP contribution in [0.2, 0.25) is 0 Å². The largest absolute Gasteiger partial charge is 0.357 e. The van der Waals surface area contributed by atoms with E-state index in [1.807, 2.05) is 6.20 Å². The van der Waals surface area contributed by atoms with Crippen molar-refractivity contribution in [2.45, 2.75) is 58.0 Å². The zero-order valence-electron chi connectivity index (χ0n) is 12.8. The fraction of sp³-hybridized carbons (Fsp3) is 0.688. The van der Waals surface area contributed by atoms with Gasteiger partial charge in [0.1, 0.15) is 5.82 Å². The lowest BCUT2D eigenvalue weighted by Crippen LogP contribution is -2.41. The Bertz CT molecular complexity index is 460. The number of hydrogen-bond acceptors (Lipinski definition) is 4. The van der Waals surface area contributed by atoms with E-state index in [1.54, 1.807) is 0 Å². The third kappa shape index (κ3) is 2.31. The Balaban J connectivity index is 1.75. The average molecular weight is 276 g/mol. The molecule has 4 nitrogen and oxygen atoms in total. The van der Waals surface area contributed by atoms with Crippen molar-refractivity contribution in [3.05, 3.63) is 23.9 Å². The van der Waals surface area contributed by atoms with Crippen LogP contribution >= 0.6 is 0 Å². The molecule has 20 heavy (non-hydrogen) atoms. The van der Waals surface area contributed by atoms with Gasteiger partial charge in [-0.2, -0.15) is 0 Å². The highest BCUT2D eigenvalue weighted by atomic mass is 16.7. The number of rotatable bonds is 2. The molecule has 0 spiro atoms. The van der Waals surface area contributed by atoms with Crippen LogP contribution in [-0.4, -0.2) is 29.3 Å². The molecule has 2 saturated heterocycles. The van der Waals surface area contributed by atoms with Crippen LogP contribution in [0.4, 0.5) is 5.82 Å². The van der Waals surface area contributed by atoms with Crippen LogP contribution in [0.25, 0.3) is 0 Å². The van der Waals surface area contributed by atoms with Crippen molar-refractivity contribution in [3.63, 3.8) is 0 Å². The molecule has 0 aromatic carbocycles. The van der Waals surface area contributed by atoms with E-state index in [4.69, 9.17) is 9.47 Å². The third-order valence-corrected chi connectivity index (χ3v) is 4.73. The summed E-state index contributed by atoms with van der Waals surface area (Å²) in [6, 6.07) is 4.15. The van der Waals surface area contributed by atoms with E-state index in [9.17, 15) is 0 Å². The maximum Gasteiger partial charge on any atom is 0.186 e. The number of anilines is 1.